The van der Waals surface area contributed by atoms with Crippen molar-refractivity contribution in [3.05, 3.63) is 0 Å². The van der Waals surface area contributed by atoms with Crippen molar-refractivity contribution >= 4 is 7.28 Å². The first-order chi connectivity index (χ1) is 3.20. The minimum absolute atomic E-state index is 0.457. The predicted molar refractivity (Wildman–Crippen MR) is 34.6 cm³/mol. The standard InChI is InChI=1S/C4H13O3P/c1-4(2)8(3,5,6)7/h4-7H,1-3H3. The maximum atomic E-state index is 8.80. The summed E-state index contributed by atoms with van der Waals surface area (Å²) in [5.41, 5.74) is -0.457. The summed E-state index contributed by atoms with van der Waals surface area (Å²) in [6.07, 6.45) is 0. The molecule has 0 aromatic heterocycles. The van der Waals surface area contributed by atoms with Crippen LogP contribution in [0.5, 0.6) is 0 Å². The van der Waals surface area contributed by atoms with Crippen LogP contribution in [-0.4, -0.2) is 27.0 Å². The van der Waals surface area contributed by atoms with Crippen molar-refractivity contribution in [2.45, 2.75) is 19.5 Å². The summed E-state index contributed by atoms with van der Waals surface area (Å²) in [6, 6.07) is 0. The molecule has 0 fully saturated rings. The topological polar surface area (TPSA) is 60.7 Å². The molecule has 3 nitrogen and oxygen atoms in total. The van der Waals surface area contributed by atoms with Gasteiger partial charge in [0.25, 0.3) is 0 Å². The molecule has 0 radical (unpaired) electrons. The second-order valence-electron chi connectivity index (χ2n) is 2.57. The summed E-state index contributed by atoms with van der Waals surface area (Å²) < 4.78 is 0. The molecule has 0 atom stereocenters. The van der Waals surface area contributed by atoms with Gasteiger partial charge in [-0.15, -0.1) is 0 Å². The Balaban J connectivity index is 4.14. The van der Waals surface area contributed by atoms with Crippen LogP contribution in [0.4, 0.5) is 0 Å². The number of hydrogen-bond acceptors (Lipinski definition) is 3. The Kier molecular flexibility index (Phi) is 1.71. The minimum atomic E-state index is -4.18. The van der Waals surface area contributed by atoms with Gasteiger partial charge in [0.2, 0.25) is 0 Å². The molecule has 8 heavy (non-hydrogen) atoms. The Morgan fingerprint density at radius 1 is 1.12 bits per heavy atom. The van der Waals surface area contributed by atoms with E-state index in [4.69, 9.17) is 14.7 Å². The zero-order valence-corrected chi connectivity index (χ0v) is 6.26. The first kappa shape index (κ1) is 8.31. The summed E-state index contributed by atoms with van der Waals surface area (Å²) in [6.45, 7) is 4.21. The van der Waals surface area contributed by atoms with Gasteiger partial charge in [0.05, 0.1) is 0 Å². The van der Waals surface area contributed by atoms with Crippen molar-refractivity contribution in [2.24, 2.45) is 0 Å². The first-order valence-electron chi connectivity index (χ1n) is 2.46. The fraction of sp³-hybridized carbons (Fsp3) is 1.00. The summed E-state index contributed by atoms with van der Waals surface area (Å²) in [4.78, 5) is 26.4. The third-order valence-electron chi connectivity index (χ3n) is 1.21. The fourth-order valence-electron chi connectivity index (χ4n) is 0. The molecule has 0 heterocycles. The van der Waals surface area contributed by atoms with Crippen molar-refractivity contribution < 1.29 is 14.7 Å². The molecule has 4 heteroatoms. The number of hydrogen-bond donors (Lipinski definition) is 3. The SMILES string of the molecule is CC(C)P(C)(O)(O)O. The summed E-state index contributed by atoms with van der Waals surface area (Å²) in [5.74, 6) is 0. The van der Waals surface area contributed by atoms with Gasteiger partial charge in [0, 0.05) is 0 Å². The van der Waals surface area contributed by atoms with Gasteiger partial charge in [-0.1, -0.05) is 0 Å². The molecule has 3 N–H and O–H groups in total. The zero-order valence-electron chi connectivity index (χ0n) is 5.37. The summed E-state index contributed by atoms with van der Waals surface area (Å²) in [5, 5.41) is 0. The van der Waals surface area contributed by atoms with Crippen molar-refractivity contribution in [3.8, 4) is 0 Å². The molecule has 0 unspecified atom stereocenters. The van der Waals surface area contributed by atoms with Gasteiger partial charge in [-0.3, -0.25) is 0 Å². The molecule has 0 aliphatic rings. The van der Waals surface area contributed by atoms with Crippen molar-refractivity contribution in [1.29, 1.82) is 0 Å². The van der Waals surface area contributed by atoms with Gasteiger partial charge < -0.3 is 0 Å². The molecule has 0 aromatic rings. The maximum absolute atomic E-state index is 8.80. The van der Waals surface area contributed by atoms with Crippen LogP contribution in [0.2, 0.25) is 0 Å². The van der Waals surface area contributed by atoms with Crippen LogP contribution in [0, 0.1) is 0 Å². The Bertz CT molecular complexity index is 81.9. The van der Waals surface area contributed by atoms with E-state index >= 15 is 0 Å². The average molecular weight is 140 g/mol. The molecule has 0 aliphatic heterocycles. The van der Waals surface area contributed by atoms with E-state index in [1.807, 2.05) is 0 Å². The predicted octanol–water partition coefficient (Wildman–Crippen LogP) is 0.300. The van der Waals surface area contributed by atoms with Crippen LogP contribution in [0.1, 0.15) is 13.8 Å². The monoisotopic (exact) mass is 140 g/mol. The Morgan fingerprint density at radius 2 is 1.25 bits per heavy atom. The van der Waals surface area contributed by atoms with E-state index in [1.165, 1.54) is 0 Å². The molecule has 0 saturated heterocycles. The Hall–Kier alpha value is 0.310. The van der Waals surface area contributed by atoms with Crippen LogP contribution in [0.3, 0.4) is 0 Å². The third kappa shape index (κ3) is 2.58. The van der Waals surface area contributed by atoms with Gasteiger partial charge in [-0.05, 0) is 0 Å². The van der Waals surface area contributed by atoms with E-state index in [0.29, 0.717) is 0 Å². The van der Waals surface area contributed by atoms with Crippen LogP contribution >= 0.6 is 7.28 Å². The van der Waals surface area contributed by atoms with Gasteiger partial charge in [-0.25, -0.2) is 0 Å². The summed E-state index contributed by atoms with van der Waals surface area (Å²) >= 11 is 0. The number of rotatable bonds is 1. The van der Waals surface area contributed by atoms with Gasteiger partial charge in [-0.2, -0.15) is 0 Å². The zero-order chi connectivity index (χ0) is 7.02. The average Bonchev–Trinajstić information content (AvgIpc) is 1.27. The quantitative estimate of drug-likeness (QED) is 0.459. The second kappa shape index (κ2) is 1.64. The molecule has 0 saturated carbocycles. The molecule has 0 rings (SSSR count). The molecule has 0 amide bonds. The molecule has 0 aliphatic carbocycles. The fourth-order valence-corrected chi connectivity index (χ4v) is 0. The Morgan fingerprint density at radius 3 is 1.25 bits per heavy atom. The molecule has 0 bridgehead atoms. The van der Waals surface area contributed by atoms with Crippen LogP contribution < -0.4 is 0 Å². The van der Waals surface area contributed by atoms with E-state index in [9.17, 15) is 0 Å². The van der Waals surface area contributed by atoms with Gasteiger partial charge >= 0.3 is 48.1 Å². The van der Waals surface area contributed by atoms with E-state index in [0.717, 1.165) is 6.66 Å². The van der Waals surface area contributed by atoms with Crippen molar-refractivity contribution in [2.75, 3.05) is 6.66 Å². The van der Waals surface area contributed by atoms with Crippen LogP contribution in [-0.2, 0) is 0 Å². The van der Waals surface area contributed by atoms with Gasteiger partial charge in [0.1, 0.15) is 0 Å². The molecular formula is C4H13O3P. The molecular weight excluding hydrogens is 127 g/mol. The van der Waals surface area contributed by atoms with E-state index in [2.05, 4.69) is 0 Å². The first-order valence-corrected chi connectivity index (χ1v) is 5.07. The van der Waals surface area contributed by atoms with E-state index in [-0.39, 0.29) is 0 Å². The molecule has 52 valence electrons. The van der Waals surface area contributed by atoms with Crippen LogP contribution in [0.25, 0.3) is 0 Å². The second-order valence-corrected chi connectivity index (χ2v) is 6.55. The summed E-state index contributed by atoms with van der Waals surface area (Å²) in [7, 11) is -4.18. The van der Waals surface area contributed by atoms with Gasteiger partial charge in [0.15, 0.2) is 0 Å². The Labute approximate surface area is 49.1 Å². The van der Waals surface area contributed by atoms with E-state index in [1.54, 1.807) is 13.8 Å². The third-order valence-corrected chi connectivity index (χ3v) is 3.63. The van der Waals surface area contributed by atoms with Crippen LogP contribution in [0.15, 0.2) is 0 Å². The van der Waals surface area contributed by atoms with Crippen molar-refractivity contribution in [1.82, 2.24) is 0 Å². The molecule has 0 aromatic carbocycles. The normalized spacial score (nSPS) is 18.1. The van der Waals surface area contributed by atoms with E-state index < -0.39 is 12.9 Å². The molecule has 0 spiro atoms. The van der Waals surface area contributed by atoms with Crippen molar-refractivity contribution in [3.63, 3.8) is 0 Å².